The molecule has 0 spiro atoms. The van der Waals surface area contributed by atoms with E-state index in [0.29, 0.717) is 29.1 Å². The highest BCUT2D eigenvalue weighted by atomic mass is 32.2. The Morgan fingerprint density at radius 1 is 1.14 bits per heavy atom. The van der Waals surface area contributed by atoms with Crippen LogP contribution in [0.25, 0.3) is 22.3 Å². The molecule has 4 rings (SSSR count). The lowest BCUT2D eigenvalue weighted by atomic mass is 9.80. The van der Waals surface area contributed by atoms with E-state index >= 15 is 4.39 Å². The summed E-state index contributed by atoms with van der Waals surface area (Å²) < 4.78 is 29.2. The molecule has 1 aliphatic rings. The van der Waals surface area contributed by atoms with Gasteiger partial charge in [0.1, 0.15) is 5.82 Å². The van der Waals surface area contributed by atoms with Crippen molar-refractivity contribution in [1.82, 2.24) is 4.98 Å². The van der Waals surface area contributed by atoms with Crippen LogP contribution >= 0.6 is 11.9 Å². The van der Waals surface area contributed by atoms with Crippen LogP contribution in [0.3, 0.4) is 0 Å². The molecule has 0 saturated heterocycles. The third-order valence-corrected chi connectivity index (χ3v) is 7.35. The number of hydrogen-bond donors (Lipinski definition) is 1. The van der Waals surface area contributed by atoms with Gasteiger partial charge in [0.15, 0.2) is 6.10 Å². The SMILES string of the molecule is COc1cc2c(cn1)-c1c(C)c(-c3ccc(C)cc3F)c([C@H](OC(C)(C)C)C(=O)O)c(C)c1N(SC)C2. The molecule has 0 saturated carbocycles. The van der Waals surface area contributed by atoms with Crippen LogP contribution in [0.15, 0.2) is 30.5 Å². The Bertz CT molecular complexity index is 1380. The molecule has 3 aromatic rings. The number of ether oxygens (including phenoxy) is 2. The lowest BCUT2D eigenvalue weighted by Gasteiger charge is -2.37. The Morgan fingerprint density at radius 3 is 2.41 bits per heavy atom. The summed E-state index contributed by atoms with van der Waals surface area (Å²) in [5.41, 5.74) is 6.64. The van der Waals surface area contributed by atoms with Gasteiger partial charge in [-0.1, -0.05) is 24.1 Å². The van der Waals surface area contributed by atoms with E-state index in [1.165, 1.54) is 6.07 Å². The van der Waals surface area contributed by atoms with Crippen LogP contribution in [-0.4, -0.2) is 35.0 Å². The first-order valence-electron chi connectivity index (χ1n) is 12.1. The number of aryl methyl sites for hydroxylation is 1. The minimum Gasteiger partial charge on any atom is -0.481 e. The third-order valence-electron chi connectivity index (χ3n) is 6.59. The predicted molar refractivity (Wildman–Crippen MR) is 147 cm³/mol. The quantitative estimate of drug-likeness (QED) is 0.347. The van der Waals surface area contributed by atoms with Gasteiger partial charge in [-0.05, 0) is 75.4 Å². The lowest BCUT2D eigenvalue weighted by Crippen LogP contribution is -2.30. The zero-order valence-electron chi connectivity index (χ0n) is 22.5. The average molecular weight is 525 g/mol. The first kappa shape index (κ1) is 26.9. The largest absolute Gasteiger partial charge is 0.481 e. The third kappa shape index (κ3) is 4.92. The molecule has 6 nitrogen and oxygen atoms in total. The van der Waals surface area contributed by atoms with Crippen molar-refractivity contribution in [3.05, 3.63) is 64.1 Å². The standard InChI is InChI=1S/C29H33FN2O4S/c1-15-9-10-19(21(30)11-15)23-16(2)24-20-13-31-22(35-7)12-18(20)14-32(37-8)26(24)17(3)25(23)27(28(33)34)36-29(4,5)6/h9-13,27H,14H2,1-8H3,(H,33,34)/t27-/m0/s1. The normalized spacial score (nSPS) is 13.7. The number of benzene rings is 2. The number of carboxylic acids is 1. The molecule has 0 fully saturated rings. The van der Waals surface area contributed by atoms with Crippen LogP contribution < -0.4 is 9.04 Å². The second kappa shape index (κ2) is 9.99. The minimum atomic E-state index is -1.29. The number of carbonyl (C=O) groups is 1. The van der Waals surface area contributed by atoms with Crippen molar-refractivity contribution >= 4 is 23.6 Å². The highest BCUT2D eigenvalue weighted by Gasteiger charge is 2.37. The summed E-state index contributed by atoms with van der Waals surface area (Å²) in [6, 6.07) is 6.95. The molecule has 196 valence electrons. The number of methoxy groups -OCH3 is 1. The molecule has 0 amide bonds. The van der Waals surface area contributed by atoms with E-state index in [2.05, 4.69) is 9.29 Å². The van der Waals surface area contributed by atoms with Gasteiger partial charge in [0.05, 0.1) is 24.9 Å². The number of aliphatic carboxylic acids is 1. The summed E-state index contributed by atoms with van der Waals surface area (Å²) in [5, 5.41) is 10.4. The molecule has 1 aliphatic heterocycles. The first-order valence-corrected chi connectivity index (χ1v) is 13.2. The molecule has 1 N–H and O–H groups in total. The Balaban J connectivity index is 2.17. The Labute approximate surface area is 222 Å². The number of aromatic nitrogens is 1. The van der Waals surface area contributed by atoms with Crippen LogP contribution in [-0.2, 0) is 16.1 Å². The molecule has 0 unspecified atom stereocenters. The monoisotopic (exact) mass is 524 g/mol. The van der Waals surface area contributed by atoms with Crippen molar-refractivity contribution in [2.75, 3.05) is 17.7 Å². The Kier molecular flexibility index (Phi) is 7.27. The van der Waals surface area contributed by atoms with Crippen molar-refractivity contribution in [2.24, 2.45) is 0 Å². The number of pyridine rings is 1. The fourth-order valence-corrected chi connectivity index (χ4v) is 5.74. The van der Waals surface area contributed by atoms with Crippen LogP contribution in [0.1, 0.15) is 54.7 Å². The molecular weight excluding hydrogens is 491 g/mol. The molecule has 0 radical (unpaired) electrons. The topological polar surface area (TPSA) is 71.9 Å². The highest BCUT2D eigenvalue weighted by molar-refractivity contribution is 7.99. The molecule has 1 aromatic heterocycles. The Morgan fingerprint density at radius 2 is 1.84 bits per heavy atom. The summed E-state index contributed by atoms with van der Waals surface area (Å²) in [6.45, 7) is 11.7. The number of hydrogen-bond acceptors (Lipinski definition) is 6. The maximum Gasteiger partial charge on any atom is 0.337 e. The summed E-state index contributed by atoms with van der Waals surface area (Å²) in [6.07, 6.45) is 2.47. The number of halogens is 1. The van der Waals surface area contributed by atoms with Gasteiger partial charge in [-0.15, -0.1) is 0 Å². The van der Waals surface area contributed by atoms with E-state index in [0.717, 1.165) is 39.1 Å². The van der Waals surface area contributed by atoms with Gasteiger partial charge in [0, 0.05) is 40.8 Å². The Hall–Kier alpha value is -3.10. The summed E-state index contributed by atoms with van der Waals surface area (Å²) in [7, 11) is 1.58. The maximum absolute atomic E-state index is 15.6. The fraction of sp³-hybridized carbons (Fsp3) is 0.379. The van der Waals surface area contributed by atoms with Crippen molar-refractivity contribution in [1.29, 1.82) is 0 Å². The van der Waals surface area contributed by atoms with E-state index in [4.69, 9.17) is 9.47 Å². The average Bonchev–Trinajstić information content (AvgIpc) is 2.83. The summed E-state index contributed by atoms with van der Waals surface area (Å²) in [5.74, 6) is -1.01. The van der Waals surface area contributed by atoms with E-state index in [1.54, 1.807) is 31.3 Å². The predicted octanol–water partition coefficient (Wildman–Crippen LogP) is 7.03. The van der Waals surface area contributed by atoms with Crippen LogP contribution in [0.2, 0.25) is 0 Å². The van der Waals surface area contributed by atoms with E-state index in [9.17, 15) is 9.90 Å². The van der Waals surface area contributed by atoms with Gasteiger partial charge in [0.2, 0.25) is 5.88 Å². The molecule has 0 bridgehead atoms. The van der Waals surface area contributed by atoms with E-state index in [1.807, 2.05) is 59.9 Å². The van der Waals surface area contributed by atoms with Gasteiger partial charge in [-0.2, -0.15) is 0 Å². The zero-order chi connectivity index (χ0) is 27.2. The number of nitrogens with zero attached hydrogens (tertiary/aromatic N) is 2. The summed E-state index contributed by atoms with van der Waals surface area (Å²) >= 11 is 1.55. The maximum atomic E-state index is 15.6. The molecular formula is C29H33FN2O4S. The highest BCUT2D eigenvalue weighted by Crippen LogP contribution is 2.52. The molecule has 8 heteroatoms. The zero-order valence-corrected chi connectivity index (χ0v) is 23.3. The fourth-order valence-electron chi connectivity index (χ4n) is 5.06. The van der Waals surface area contributed by atoms with Gasteiger partial charge in [-0.25, -0.2) is 14.2 Å². The van der Waals surface area contributed by atoms with Crippen LogP contribution in [0, 0.1) is 26.6 Å². The first-order chi connectivity index (χ1) is 17.4. The molecule has 1 atom stereocenters. The van der Waals surface area contributed by atoms with Crippen molar-refractivity contribution in [2.45, 2.75) is 59.8 Å². The lowest BCUT2D eigenvalue weighted by molar-refractivity contribution is -0.160. The number of anilines is 1. The van der Waals surface area contributed by atoms with Gasteiger partial charge in [-0.3, -0.25) is 0 Å². The van der Waals surface area contributed by atoms with Crippen molar-refractivity contribution in [3.8, 4) is 28.1 Å². The van der Waals surface area contributed by atoms with Crippen LogP contribution in [0.5, 0.6) is 5.88 Å². The van der Waals surface area contributed by atoms with Crippen LogP contribution in [0.4, 0.5) is 10.1 Å². The number of rotatable bonds is 6. The van der Waals surface area contributed by atoms with E-state index in [-0.39, 0.29) is 0 Å². The molecule has 2 aromatic carbocycles. The molecule has 37 heavy (non-hydrogen) atoms. The minimum absolute atomic E-state index is 0.344. The number of carboxylic acid groups (broad SMARTS) is 1. The second-order valence-electron chi connectivity index (χ2n) is 10.3. The van der Waals surface area contributed by atoms with E-state index < -0.39 is 23.5 Å². The van der Waals surface area contributed by atoms with Gasteiger partial charge in [0.25, 0.3) is 0 Å². The number of fused-ring (bicyclic) bond motifs is 3. The summed E-state index contributed by atoms with van der Waals surface area (Å²) in [4.78, 5) is 17.1. The smallest absolute Gasteiger partial charge is 0.337 e. The van der Waals surface area contributed by atoms with Crippen molar-refractivity contribution in [3.63, 3.8) is 0 Å². The van der Waals surface area contributed by atoms with Gasteiger partial charge < -0.3 is 18.9 Å². The second-order valence-corrected chi connectivity index (χ2v) is 11.1. The van der Waals surface area contributed by atoms with Gasteiger partial charge >= 0.3 is 5.97 Å². The molecule has 2 heterocycles. The van der Waals surface area contributed by atoms with Crippen molar-refractivity contribution < 1.29 is 23.8 Å². The molecule has 0 aliphatic carbocycles.